The van der Waals surface area contributed by atoms with E-state index in [0.717, 1.165) is 32.4 Å². The fourth-order valence-corrected chi connectivity index (χ4v) is 4.26. The van der Waals surface area contributed by atoms with E-state index in [-0.39, 0.29) is 10.8 Å². The number of benzene rings is 2. The summed E-state index contributed by atoms with van der Waals surface area (Å²) in [5.41, 5.74) is 1.74. The molecule has 2 aromatic carbocycles. The minimum Gasteiger partial charge on any atom is -0.339 e. The third-order valence-electron chi connectivity index (χ3n) is 4.48. The molecule has 1 aliphatic heterocycles. The van der Waals surface area contributed by atoms with E-state index in [1.807, 2.05) is 4.90 Å². The number of likely N-dealkylation sites (tertiary alicyclic amines) is 1. The van der Waals surface area contributed by atoms with E-state index < -0.39 is 10.0 Å². The molecule has 26 heavy (non-hydrogen) atoms. The summed E-state index contributed by atoms with van der Waals surface area (Å²) in [5, 5.41) is 0.473. The first-order valence-electron chi connectivity index (χ1n) is 8.55. The van der Waals surface area contributed by atoms with Gasteiger partial charge in [-0.3, -0.25) is 9.52 Å². The number of carbonyl (C=O) groups excluding carboxylic acids is 1. The number of nitrogens with zero attached hydrogens (tertiary/aromatic N) is 1. The van der Waals surface area contributed by atoms with Crippen LogP contribution in [0.1, 0.15) is 35.2 Å². The Hall–Kier alpha value is -2.05. The summed E-state index contributed by atoms with van der Waals surface area (Å²) in [4.78, 5) is 14.6. The van der Waals surface area contributed by atoms with Crippen molar-refractivity contribution in [3.8, 4) is 0 Å². The Balaban J connectivity index is 1.79. The Kier molecular flexibility index (Phi) is 5.53. The zero-order chi connectivity index (χ0) is 18.7. The second-order valence-electron chi connectivity index (χ2n) is 6.44. The first kappa shape index (κ1) is 18.7. The SMILES string of the molecule is Cc1cc(C(=O)N2CCCCC2)ccc1NS(=O)(=O)c1ccc(Cl)cc1. The molecule has 0 aromatic heterocycles. The molecule has 1 saturated heterocycles. The number of sulfonamides is 1. The number of amides is 1. The van der Waals surface area contributed by atoms with Gasteiger partial charge < -0.3 is 4.90 Å². The number of nitrogens with one attached hydrogen (secondary N) is 1. The molecule has 1 fully saturated rings. The van der Waals surface area contributed by atoms with E-state index in [4.69, 9.17) is 11.6 Å². The van der Waals surface area contributed by atoms with Crippen molar-refractivity contribution in [2.75, 3.05) is 17.8 Å². The van der Waals surface area contributed by atoms with E-state index in [1.54, 1.807) is 25.1 Å². The van der Waals surface area contributed by atoms with Crippen molar-refractivity contribution in [1.29, 1.82) is 0 Å². The first-order valence-corrected chi connectivity index (χ1v) is 10.4. The van der Waals surface area contributed by atoms with Gasteiger partial charge in [0.2, 0.25) is 0 Å². The lowest BCUT2D eigenvalue weighted by atomic mass is 10.1. The molecule has 1 amide bonds. The fourth-order valence-electron chi connectivity index (χ4n) is 3.01. The predicted octanol–water partition coefficient (Wildman–Crippen LogP) is 4.08. The van der Waals surface area contributed by atoms with Gasteiger partial charge >= 0.3 is 0 Å². The molecule has 3 rings (SSSR count). The molecule has 1 aliphatic rings. The normalized spacial score (nSPS) is 14.9. The largest absolute Gasteiger partial charge is 0.339 e. The van der Waals surface area contributed by atoms with Gasteiger partial charge in [0.1, 0.15) is 0 Å². The summed E-state index contributed by atoms with van der Waals surface area (Å²) < 4.78 is 27.6. The summed E-state index contributed by atoms with van der Waals surface area (Å²) in [6.07, 6.45) is 3.22. The van der Waals surface area contributed by atoms with E-state index in [2.05, 4.69) is 4.72 Å². The zero-order valence-electron chi connectivity index (χ0n) is 14.5. The Morgan fingerprint density at radius 2 is 1.69 bits per heavy atom. The number of piperidine rings is 1. The monoisotopic (exact) mass is 392 g/mol. The van der Waals surface area contributed by atoms with E-state index >= 15 is 0 Å². The summed E-state index contributed by atoms with van der Waals surface area (Å²) in [5.74, 6) is -0.0000848. The fraction of sp³-hybridized carbons (Fsp3) is 0.316. The van der Waals surface area contributed by atoms with Crippen LogP contribution in [-0.4, -0.2) is 32.3 Å². The van der Waals surface area contributed by atoms with Gasteiger partial charge in [-0.2, -0.15) is 0 Å². The Morgan fingerprint density at radius 3 is 2.31 bits per heavy atom. The summed E-state index contributed by atoms with van der Waals surface area (Å²) in [6.45, 7) is 3.35. The van der Waals surface area contributed by atoms with Crippen molar-refractivity contribution in [2.24, 2.45) is 0 Å². The van der Waals surface area contributed by atoms with Crippen LogP contribution < -0.4 is 4.72 Å². The van der Waals surface area contributed by atoms with Crippen LogP contribution >= 0.6 is 11.6 Å². The Bertz CT molecular complexity index is 905. The number of carbonyl (C=O) groups is 1. The van der Waals surface area contributed by atoms with Crippen molar-refractivity contribution in [1.82, 2.24) is 4.90 Å². The highest BCUT2D eigenvalue weighted by molar-refractivity contribution is 7.92. The van der Waals surface area contributed by atoms with Crippen molar-refractivity contribution in [3.05, 3.63) is 58.6 Å². The standard InChI is InChI=1S/C19H21ClN2O3S/c1-14-13-15(19(23)22-11-3-2-4-12-22)5-10-18(14)21-26(24,25)17-8-6-16(20)7-9-17/h5-10,13,21H,2-4,11-12H2,1H3. The quantitative estimate of drug-likeness (QED) is 0.852. The second-order valence-corrected chi connectivity index (χ2v) is 8.56. The van der Waals surface area contributed by atoms with Gasteiger partial charge in [0, 0.05) is 23.7 Å². The lowest BCUT2D eigenvalue weighted by molar-refractivity contribution is 0.0724. The molecule has 0 aliphatic carbocycles. The highest BCUT2D eigenvalue weighted by Crippen LogP contribution is 2.23. The Labute approximate surface area is 159 Å². The second kappa shape index (κ2) is 7.68. The van der Waals surface area contributed by atoms with Crippen molar-refractivity contribution >= 4 is 33.2 Å². The van der Waals surface area contributed by atoms with Crippen LogP contribution in [0, 0.1) is 6.92 Å². The van der Waals surface area contributed by atoms with Crippen LogP contribution in [0.25, 0.3) is 0 Å². The van der Waals surface area contributed by atoms with Crippen molar-refractivity contribution < 1.29 is 13.2 Å². The lowest BCUT2D eigenvalue weighted by Crippen LogP contribution is -2.35. The van der Waals surface area contributed by atoms with E-state index in [1.165, 1.54) is 24.3 Å². The van der Waals surface area contributed by atoms with Gasteiger partial charge in [0.15, 0.2) is 0 Å². The molecular weight excluding hydrogens is 372 g/mol. The first-order chi connectivity index (χ1) is 12.4. The van der Waals surface area contributed by atoms with Gasteiger partial charge in [-0.25, -0.2) is 8.42 Å². The third kappa shape index (κ3) is 4.19. The average molecular weight is 393 g/mol. The maximum atomic E-state index is 12.6. The molecule has 0 spiro atoms. The molecule has 1 N–H and O–H groups in total. The lowest BCUT2D eigenvalue weighted by Gasteiger charge is -2.27. The maximum absolute atomic E-state index is 12.6. The van der Waals surface area contributed by atoms with Crippen LogP contribution in [0.3, 0.4) is 0 Å². The van der Waals surface area contributed by atoms with Crippen LogP contribution in [0.4, 0.5) is 5.69 Å². The zero-order valence-corrected chi connectivity index (χ0v) is 16.1. The average Bonchev–Trinajstić information content (AvgIpc) is 2.64. The van der Waals surface area contributed by atoms with Gasteiger partial charge in [-0.05, 0) is 74.2 Å². The molecule has 2 aromatic rings. The third-order valence-corrected chi connectivity index (χ3v) is 6.12. The number of anilines is 1. The summed E-state index contributed by atoms with van der Waals surface area (Å²) >= 11 is 5.81. The smallest absolute Gasteiger partial charge is 0.261 e. The molecule has 0 radical (unpaired) electrons. The molecular formula is C19H21ClN2O3S. The van der Waals surface area contributed by atoms with Gasteiger partial charge in [0.05, 0.1) is 10.6 Å². The van der Waals surface area contributed by atoms with Crippen LogP contribution in [-0.2, 0) is 10.0 Å². The molecule has 0 saturated carbocycles. The van der Waals surface area contributed by atoms with Gasteiger partial charge in [-0.15, -0.1) is 0 Å². The van der Waals surface area contributed by atoms with Crippen LogP contribution in [0.15, 0.2) is 47.4 Å². The molecule has 1 heterocycles. The summed E-state index contributed by atoms with van der Waals surface area (Å²) in [6, 6.07) is 11.0. The molecule has 0 bridgehead atoms. The molecule has 7 heteroatoms. The maximum Gasteiger partial charge on any atom is 0.261 e. The van der Waals surface area contributed by atoms with E-state index in [0.29, 0.717) is 21.8 Å². The van der Waals surface area contributed by atoms with Crippen molar-refractivity contribution in [2.45, 2.75) is 31.1 Å². The number of hydrogen-bond donors (Lipinski definition) is 1. The Morgan fingerprint density at radius 1 is 1.04 bits per heavy atom. The highest BCUT2D eigenvalue weighted by atomic mass is 35.5. The molecule has 5 nitrogen and oxygen atoms in total. The number of rotatable bonds is 4. The molecule has 0 atom stereocenters. The number of aryl methyl sites for hydroxylation is 1. The van der Waals surface area contributed by atoms with Crippen LogP contribution in [0.2, 0.25) is 5.02 Å². The minimum absolute atomic E-state index is 0.0000848. The van der Waals surface area contributed by atoms with Gasteiger partial charge in [0.25, 0.3) is 15.9 Å². The number of hydrogen-bond acceptors (Lipinski definition) is 3. The topological polar surface area (TPSA) is 66.5 Å². The summed E-state index contributed by atoms with van der Waals surface area (Å²) in [7, 11) is -3.71. The minimum atomic E-state index is -3.71. The van der Waals surface area contributed by atoms with Gasteiger partial charge in [-0.1, -0.05) is 11.6 Å². The molecule has 0 unspecified atom stereocenters. The van der Waals surface area contributed by atoms with Crippen LogP contribution in [0.5, 0.6) is 0 Å². The van der Waals surface area contributed by atoms with Crippen molar-refractivity contribution in [3.63, 3.8) is 0 Å². The highest BCUT2D eigenvalue weighted by Gasteiger charge is 2.20. The number of halogens is 1. The van der Waals surface area contributed by atoms with E-state index in [9.17, 15) is 13.2 Å². The molecule has 138 valence electrons. The predicted molar refractivity (Wildman–Crippen MR) is 103 cm³/mol.